The van der Waals surface area contributed by atoms with Crippen LogP contribution in [0.1, 0.15) is 6.92 Å². The number of nitrogens with one attached hydrogen (secondary N) is 2. The van der Waals surface area contributed by atoms with Crippen LogP contribution in [0, 0.1) is 0 Å². The first-order valence-electron chi connectivity index (χ1n) is 6.65. The number of rotatable bonds is 5. The molecule has 1 heterocycles. The van der Waals surface area contributed by atoms with Crippen LogP contribution in [0.3, 0.4) is 0 Å². The summed E-state index contributed by atoms with van der Waals surface area (Å²) in [5.41, 5.74) is 0. The monoisotopic (exact) mass is 253 g/mol. The second-order valence-corrected chi connectivity index (χ2v) is 4.81. The van der Waals surface area contributed by atoms with Crippen molar-refractivity contribution in [2.24, 2.45) is 4.99 Å². The van der Waals surface area contributed by atoms with E-state index in [0.717, 1.165) is 45.2 Å². The first-order valence-corrected chi connectivity index (χ1v) is 6.65. The zero-order valence-electron chi connectivity index (χ0n) is 11.9. The molecule has 1 rings (SSSR count). The predicted octanol–water partition coefficient (Wildman–Crippen LogP) is -0.0267. The minimum atomic E-state index is 0.529. The molecule has 1 aliphatic heterocycles. The highest BCUT2D eigenvalue weighted by Gasteiger charge is 2.18. The fourth-order valence-electron chi connectivity index (χ4n) is 2.03. The van der Waals surface area contributed by atoms with Crippen molar-refractivity contribution < 1.29 is 0 Å². The van der Waals surface area contributed by atoms with E-state index in [1.165, 1.54) is 0 Å². The van der Waals surface area contributed by atoms with Crippen LogP contribution in [0.4, 0.5) is 0 Å². The number of guanidine groups is 1. The van der Waals surface area contributed by atoms with Crippen molar-refractivity contribution in [2.75, 3.05) is 53.4 Å². The zero-order chi connectivity index (χ0) is 13.4. The van der Waals surface area contributed by atoms with Crippen LogP contribution in [0.25, 0.3) is 0 Å². The molecule has 0 bridgehead atoms. The third-order valence-electron chi connectivity index (χ3n) is 3.36. The molecule has 1 unspecified atom stereocenters. The first kappa shape index (κ1) is 15.0. The maximum atomic E-state index is 4.17. The summed E-state index contributed by atoms with van der Waals surface area (Å²) < 4.78 is 0. The molecule has 0 radical (unpaired) electrons. The van der Waals surface area contributed by atoms with Gasteiger partial charge in [-0.05, 0) is 14.0 Å². The smallest absolute Gasteiger partial charge is 0.191 e. The molecule has 0 aromatic heterocycles. The predicted molar refractivity (Wildman–Crippen MR) is 78.1 cm³/mol. The third kappa shape index (κ3) is 5.06. The molecule has 0 aromatic rings. The Morgan fingerprint density at radius 2 is 2.00 bits per heavy atom. The standard InChI is InChI=1S/C13H27N5/c1-5-6-15-13(14-3)16-11-12(2)18-9-7-17(4)8-10-18/h5,12H,1,6-11H2,2-4H3,(H2,14,15,16). The van der Waals surface area contributed by atoms with Gasteiger partial charge in [-0.15, -0.1) is 6.58 Å². The molecule has 1 fully saturated rings. The lowest BCUT2D eigenvalue weighted by atomic mass is 10.2. The van der Waals surface area contributed by atoms with Crippen LogP contribution in [-0.2, 0) is 0 Å². The Bertz CT molecular complexity index is 269. The van der Waals surface area contributed by atoms with Gasteiger partial charge >= 0.3 is 0 Å². The molecule has 1 saturated heterocycles. The average molecular weight is 253 g/mol. The fourth-order valence-corrected chi connectivity index (χ4v) is 2.03. The summed E-state index contributed by atoms with van der Waals surface area (Å²) in [4.78, 5) is 9.07. The molecule has 5 heteroatoms. The SMILES string of the molecule is C=CCNC(=NC)NCC(C)N1CCN(C)CC1. The van der Waals surface area contributed by atoms with E-state index in [1.807, 2.05) is 6.08 Å². The second-order valence-electron chi connectivity index (χ2n) is 4.81. The summed E-state index contributed by atoms with van der Waals surface area (Å²) in [6.07, 6.45) is 1.83. The van der Waals surface area contributed by atoms with Gasteiger partial charge in [0.1, 0.15) is 0 Å². The minimum absolute atomic E-state index is 0.529. The summed E-state index contributed by atoms with van der Waals surface area (Å²) >= 11 is 0. The normalized spacial score (nSPS) is 20.5. The number of nitrogens with zero attached hydrogens (tertiary/aromatic N) is 3. The first-order chi connectivity index (χ1) is 8.67. The van der Waals surface area contributed by atoms with Gasteiger partial charge < -0.3 is 15.5 Å². The van der Waals surface area contributed by atoms with E-state index in [2.05, 4.69) is 46.0 Å². The number of likely N-dealkylation sites (N-methyl/N-ethyl adjacent to an activating group) is 1. The molecule has 0 spiro atoms. The van der Waals surface area contributed by atoms with E-state index in [1.54, 1.807) is 7.05 Å². The molecule has 104 valence electrons. The van der Waals surface area contributed by atoms with Crippen LogP contribution >= 0.6 is 0 Å². The van der Waals surface area contributed by atoms with Crippen molar-refractivity contribution in [2.45, 2.75) is 13.0 Å². The summed E-state index contributed by atoms with van der Waals surface area (Å²) in [5.74, 6) is 0.843. The molecule has 1 atom stereocenters. The lowest BCUT2D eigenvalue weighted by Crippen LogP contribution is -2.52. The summed E-state index contributed by atoms with van der Waals surface area (Å²) in [6.45, 7) is 12.2. The Morgan fingerprint density at radius 1 is 1.33 bits per heavy atom. The topological polar surface area (TPSA) is 42.9 Å². The summed E-state index contributed by atoms with van der Waals surface area (Å²) in [6, 6.07) is 0.529. The molecule has 0 aromatic carbocycles. The molecule has 18 heavy (non-hydrogen) atoms. The molecular weight excluding hydrogens is 226 g/mol. The van der Waals surface area contributed by atoms with Gasteiger partial charge in [0.15, 0.2) is 5.96 Å². The van der Waals surface area contributed by atoms with E-state index in [-0.39, 0.29) is 0 Å². The van der Waals surface area contributed by atoms with Crippen molar-refractivity contribution >= 4 is 5.96 Å². The van der Waals surface area contributed by atoms with Crippen molar-refractivity contribution in [3.63, 3.8) is 0 Å². The van der Waals surface area contributed by atoms with Gasteiger partial charge in [0.2, 0.25) is 0 Å². The van der Waals surface area contributed by atoms with Gasteiger partial charge in [-0.3, -0.25) is 9.89 Å². The lowest BCUT2D eigenvalue weighted by molar-refractivity contribution is 0.120. The number of aliphatic imine (C=N–C) groups is 1. The zero-order valence-corrected chi connectivity index (χ0v) is 11.9. The molecule has 2 N–H and O–H groups in total. The second kappa shape index (κ2) is 8.11. The average Bonchev–Trinajstić information content (AvgIpc) is 2.39. The van der Waals surface area contributed by atoms with E-state index in [0.29, 0.717) is 6.04 Å². The molecule has 1 aliphatic rings. The van der Waals surface area contributed by atoms with Crippen LogP contribution in [0.5, 0.6) is 0 Å². The molecule has 0 amide bonds. The Morgan fingerprint density at radius 3 is 2.56 bits per heavy atom. The largest absolute Gasteiger partial charge is 0.355 e. The van der Waals surface area contributed by atoms with Crippen LogP contribution < -0.4 is 10.6 Å². The Labute approximate surface area is 111 Å². The molecule has 0 saturated carbocycles. The van der Waals surface area contributed by atoms with Crippen molar-refractivity contribution in [3.8, 4) is 0 Å². The number of hydrogen-bond acceptors (Lipinski definition) is 3. The highest BCUT2D eigenvalue weighted by Crippen LogP contribution is 2.03. The van der Waals surface area contributed by atoms with Gasteiger partial charge in [0, 0.05) is 52.4 Å². The van der Waals surface area contributed by atoms with Crippen LogP contribution in [-0.4, -0.2) is 75.2 Å². The molecular formula is C13H27N5. The Balaban J connectivity index is 2.26. The van der Waals surface area contributed by atoms with E-state index in [4.69, 9.17) is 0 Å². The van der Waals surface area contributed by atoms with Crippen LogP contribution in [0.15, 0.2) is 17.6 Å². The maximum absolute atomic E-state index is 4.17. The fraction of sp³-hybridized carbons (Fsp3) is 0.769. The minimum Gasteiger partial charge on any atom is -0.355 e. The number of piperazine rings is 1. The molecule has 0 aliphatic carbocycles. The highest BCUT2D eigenvalue weighted by molar-refractivity contribution is 5.79. The van der Waals surface area contributed by atoms with Crippen molar-refractivity contribution in [1.29, 1.82) is 0 Å². The maximum Gasteiger partial charge on any atom is 0.191 e. The Kier molecular flexibility index (Phi) is 6.75. The van der Waals surface area contributed by atoms with E-state index >= 15 is 0 Å². The van der Waals surface area contributed by atoms with Gasteiger partial charge in [-0.25, -0.2) is 0 Å². The summed E-state index contributed by atoms with van der Waals surface area (Å²) in [7, 11) is 3.97. The lowest BCUT2D eigenvalue weighted by Gasteiger charge is -2.36. The van der Waals surface area contributed by atoms with Crippen LogP contribution in [0.2, 0.25) is 0 Å². The number of hydrogen-bond donors (Lipinski definition) is 2. The van der Waals surface area contributed by atoms with Crippen molar-refractivity contribution in [1.82, 2.24) is 20.4 Å². The summed E-state index contributed by atoms with van der Waals surface area (Å²) in [5, 5.41) is 6.53. The van der Waals surface area contributed by atoms with E-state index in [9.17, 15) is 0 Å². The Hall–Kier alpha value is -1.07. The quantitative estimate of drug-likeness (QED) is 0.410. The van der Waals surface area contributed by atoms with Gasteiger partial charge in [-0.2, -0.15) is 0 Å². The van der Waals surface area contributed by atoms with Gasteiger partial charge in [0.05, 0.1) is 0 Å². The van der Waals surface area contributed by atoms with Crippen molar-refractivity contribution in [3.05, 3.63) is 12.7 Å². The highest BCUT2D eigenvalue weighted by atomic mass is 15.3. The van der Waals surface area contributed by atoms with Gasteiger partial charge in [-0.1, -0.05) is 6.08 Å². The van der Waals surface area contributed by atoms with Gasteiger partial charge in [0.25, 0.3) is 0 Å². The van der Waals surface area contributed by atoms with E-state index < -0.39 is 0 Å². The molecule has 5 nitrogen and oxygen atoms in total. The third-order valence-corrected chi connectivity index (χ3v) is 3.36.